The van der Waals surface area contributed by atoms with Crippen LogP contribution in [0.1, 0.15) is 6.42 Å². The number of halogens is 1. The molecule has 24 heavy (non-hydrogen) atoms. The molecule has 3 N–H and O–H groups in total. The van der Waals surface area contributed by atoms with Gasteiger partial charge in [-0.15, -0.1) is 0 Å². The molecule has 8 nitrogen and oxygen atoms in total. The highest BCUT2D eigenvalue weighted by atomic mass is 35.5. The Hall–Kier alpha value is -1.68. The number of rotatable bonds is 5. The van der Waals surface area contributed by atoms with Crippen molar-refractivity contribution < 1.29 is 18.0 Å². The Morgan fingerprint density at radius 1 is 1.12 bits per heavy atom. The molecule has 0 saturated carbocycles. The third kappa shape index (κ3) is 4.91. The number of nitrogens with one attached hydrogen (secondary N) is 1. The van der Waals surface area contributed by atoms with Crippen LogP contribution >= 0.6 is 11.6 Å². The van der Waals surface area contributed by atoms with Crippen LogP contribution in [0, 0.1) is 0 Å². The van der Waals surface area contributed by atoms with Crippen molar-refractivity contribution >= 4 is 33.6 Å². The molecule has 1 heterocycles. The topological polar surface area (TPSA) is 113 Å². The summed E-state index contributed by atoms with van der Waals surface area (Å²) in [5.74, 6) is -0.446. The predicted octanol–water partition coefficient (Wildman–Crippen LogP) is 0.231. The van der Waals surface area contributed by atoms with Crippen molar-refractivity contribution in [3.8, 4) is 0 Å². The van der Waals surface area contributed by atoms with E-state index in [-0.39, 0.29) is 11.3 Å². The molecule has 1 aromatic carbocycles. The third-order valence-corrected chi connectivity index (χ3v) is 5.87. The van der Waals surface area contributed by atoms with Gasteiger partial charge in [0.1, 0.15) is 0 Å². The highest BCUT2D eigenvalue weighted by molar-refractivity contribution is 7.89. The SMILES string of the molecule is NC(=O)NC(=O)CCN1CCN(S(=O)(=O)c2ccc(Cl)cc2)CC1. The number of imide groups is 1. The van der Waals surface area contributed by atoms with E-state index in [9.17, 15) is 18.0 Å². The van der Waals surface area contributed by atoms with E-state index in [0.717, 1.165) is 0 Å². The maximum atomic E-state index is 12.5. The lowest BCUT2D eigenvalue weighted by Crippen LogP contribution is -2.49. The summed E-state index contributed by atoms with van der Waals surface area (Å²) in [6.45, 7) is 2.13. The molecule has 0 aromatic heterocycles. The number of carbonyl (C=O) groups is 2. The lowest BCUT2D eigenvalue weighted by atomic mass is 10.3. The van der Waals surface area contributed by atoms with E-state index < -0.39 is 22.0 Å². The van der Waals surface area contributed by atoms with Crippen molar-refractivity contribution in [3.63, 3.8) is 0 Å². The maximum Gasteiger partial charge on any atom is 0.318 e. The molecule has 0 spiro atoms. The van der Waals surface area contributed by atoms with Gasteiger partial charge in [-0.05, 0) is 24.3 Å². The summed E-state index contributed by atoms with van der Waals surface area (Å²) in [5, 5.41) is 2.48. The molecule has 2 rings (SSSR count). The zero-order valence-electron chi connectivity index (χ0n) is 12.9. The van der Waals surface area contributed by atoms with Gasteiger partial charge in [0.2, 0.25) is 15.9 Å². The first-order chi connectivity index (χ1) is 11.3. The number of urea groups is 1. The number of piperazine rings is 1. The van der Waals surface area contributed by atoms with Crippen molar-refractivity contribution in [3.05, 3.63) is 29.3 Å². The van der Waals surface area contributed by atoms with Crippen LogP contribution in [0.5, 0.6) is 0 Å². The fourth-order valence-corrected chi connectivity index (χ4v) is 3.96. The number of sulfonamides is 1. The van der Waals surface area contributed by atoms with Gasteiger partial charge in [-0.2, -0.15) is 4.31 Å². The van der Waals surface area contributed by atoms with Gasteiger partial charge in [0.05, 0.1) is 4.90 Å². The van der Waals surface area contributed by atoms with Gasteiger partial charge in [0.15, 0.2) is 0 Å². The Morgan fingerprint density at radius 2 is 1.71 bits per heavy atom. The summed E-state index contributed by atoms with van der Waals surface area (Å²) in [7, 11) is -3.54. The fourth-order valence-electron chi connectivity index (χ4n) is 2.41. The third-order valence-electron chi connectivity index (χ3n) is 3.70. The standard InChI is InChI=1S/C14H19ClN4O4S/c15-11-1-3-12(4-2-11)24(22,23)19-9-7-18(8-10-19)6-5-13(20)17-14(16)21/h1-4H,5-10H2,(H3,16,17,20,21). The molecule has 1 aliphatic heterocycles. The summed E-state index contributed by atoms with van der Waals surface area (Å²) in [6.07, 6.45) is 0.132. The van der Waals surface area contributed by atoms with Crippen LogP contribution in [0.25, 0.3) is 0 Å². The van der Waals surface area contributed by atoms with E-state index in [1.165, 1.54) is 16.4 Å². The predicted molar refractivity (Wildman–Crippen MR) is 89.0 cm³/mol. The minimum Gasteiger partial charge on any atom is -0.351 e. The summed E-state index contributed by atoms with van der Waals surface area (Å²) in [4.78, 5) is 24.1. The van der Waals surface area contributed by atoms with Crippen molar-refractivity contribution in [1.82, 2.24) is 14.5 Å². The van der Waals surface area contributed by atoms with Crippen molar-refractivity contribution in [2.24, 2.45) is 5.73 Å². The first-order valence-corrected chi connectivity index (χ1v) is 9.18. The molecule has 0 radical (unpaired) electrons. The molecule has 1 saturated heterocycles. The van der Waals surface area contributed by atoms with Crippen LogP contribution in [-0.4, -0.2) is 62.3 Å². The number of nitrogens with two attached hydrogens (primary N) is 1. The van der Waals surface area contributed by atoms with E-state index in [0.29, 0.717) is 37.7 Å². The maximum absolute atomic E-state index is 12.5. The fraction of sp³-hybridized carbons (Fsp3) is 0.429. The van der Waals surface area contributed by atoms with E-state index in [2.05, 4.69) is 0 Å². The van der Waals surface area contributed by atoms with Crippen LogP contribution in [0.2, 0.25) is 5.02 Å². The monoisotopic (exact) mass is 374 g/mol. The van der Waals surface area contributed by atoms with E-state index in [4.69, 9.17) is 17.3 Å². The lowest BCUT2D eigenvalue weighted by Gasteiger charge is -2.33. The number of primary amides is 1. The minimum atomic E-state index is -3.54. The molecular formula is C14H19ClN4O4S. The van der Waals surface area contributed by atoms with Gasteiger partial charge in [0, 0.05) is 44.2 Å². The highest BCUT2D eigenvalue weighted by Gasteiger charge is 2.28. The van der Waals surface area contributed by atoms with E-state index >= 15 is 0 Å². The Morgan fingerprint density at radius 3 is 2.25 bits per heavy atom. The Bertz CT molecular complexity index is 700. The first kappa shape index (κ1) is 18.7. The van der Waals surface area contributed by atoms with Crippen LogP contribution in [0.3, 0.4) is 0 Å². The van der Waals surface area contributed by atoms with Gasteiger partial charge in [-0.1, -0.05) is 11.6 Å². The van der Waals surface area contributed by atoms with Crippen LogP contribution in [-0.2, 0) is 14.8 Å². The molecule has 1 aromatic rings. The summed E-state index contributed by atoms with van der Waals surface area (Å²) < 4.78 is 26.5. The van der Waals surface area contributed by atoms with E-state index in [1.807, 2.05) is 10.2 Å². The number of carbonyl (C=O) groups excluding carboxylic acids is 2. The first-order valence-electron chi connectivity index (χ1n) is 7.36. The minimum absolute atomic E-state index is 0.132. The highest BCUT2D eigenvalue weighted by Crippen LogP contribution is 2.19. The van der Waals surface area contributed by atoms with Gasteiger partial charge in [0.25, 0.3) is 0 Å². The normalized spacial score (nSPS) is 16.7. The van der Waals surface area contributed by atoms with Crippen molar-refractivity contribution in [1.29, 1.82) is 0 Å². The molecule has 1 fully saturated rings. The van der Waals surface area contributed by atoms with Gasteiger partial charge < -0.3 is 10.6 Å². The number of amides is 3. The smallest absolute Gasteiger partial charge is 0.318 e. The quantitative estimate of drug-likeness (QED) is 0.766. The van der Waals surface area contributed by atoms with Gasteiger partial charge >= 0.3 is 6.03 Å². The molecule has 0 bridgehead atoms. The molecule has 0 unspecified atom stereocenters. The molecule has 0 atom stereocenters. The number of nitrogens with zero attached hydrogens (tertiary/aromatic N) is 2. The summed E-state index contributed by atoms with van der Waals surface area (Å²) in [5.41, 5.74) is 4.87. The molecular weight excluding hydrogens is 356 g/mol. The second kappa shape index (κ2) is 7.93. The van der Waals surface area contributed by atoms with Crippen molar-refractivity contribution in [2.45, 2.75) is 11.3 Å². The molecule has 3 amide bonds. The number of hydrogen-bond acceptors (Lipinski definition) is 5. The summed E-state index contributed by atoms with van der Waals surface area (Å²) in [6, 6.07) is 5.18. The Balaban J connectivity index is 1.87. The van der Waals surface area contributed by atoms with Crippen molar-refractivity contribution in [2.75, 3.05) is 32.7 Å². The zero-order valence-corrected chi connectivity index (χ0v) is 14.5. The number of hydrogen-bond donors (Lipinski definition) is 2. The van der Waals surface area contributed by atoms with Crippen LogP contribution < -0.4 is 11.1 Å². The Kier molecular flexibility index (Phi) is 6.16. The van der Waals surface area contributed by atoms with Crippen LogP contribution in [0.4, 0.5) is 4.79 Å². The Labute approximate surface area is 145 Å². The summed E-state index contributed by atoms with van der Waals surface area (Å²) >= 11 is 5.78. The van der Waals surface area contributed by atoms with Gasteiger partial charge in [-0.3, -0.25) is 10.1 Å². The molecule has 1 aliphatic rings. The van der Waals surface area contributed by atoms with Gasteiger partial charge in [-0.25, -0.2) is 13.2 Å². The molecule has 10 heteroatoms. The second-order valence-corrected chi connectivity index (χ2v) is 7.74. The lowest BCUT2D eigenvalue weighted by molar-refractivity contribution is -0.120. The van der Waals surface area contributed by atoms with Crippen LogP contribution in [0.15, 0.2) is 29.2 Å². The average Bonchev–Trinajstić information content (AvgIpc) is 2.53. The zero-order chi connectivity index (χ0) is 17.7. The van der Waals surface area contributed by atoms with E-state index in [1.54, 1.807) is 12.1 Å². The number of benzene rings is 1. The average molecular weight is 375 g/mol. The molecule has 0 aliphatic carbocycles. The largest absolute Gasteiger partial charge is 0.351 e. The second-order valence-electron chi connectivity index (χ2n) is 5.36. The molecule has 132 valence electrons.